The molecule has 2 N–H and O–H groups in total. The first kappa shape index (κ1) is 16.4. The molecule has 19 heavy (non-hydrogen) atoms. The number of halogens is 1. The van der Waals surface area contributed by atoms with Crippen molar-refractivity contribution in [2.45, 2.75) is 24.8 Å². The molecule has 1 rings (SSSR count). The van der Waals surface area contributed by atoms with Crippen LogP contribution in [0.2, 0.25) is 0 Å². The van der Waals surface area contributed by atoms with E-state index in [2.05, 4.69) is 15.9 Å². The first-order chi connectivity index (χ1) is 8.75. The van der Waals surface area contributed by atoms with Crippen LogP contribution in [0.15, 0.2) is 27.6 Å². The second-order valence-electron chi connectivity index (χ2n) is 4.43. The highest BCUT2D eigenvalue weighted by molar-refractivity contribution is 9.10. The maximum Gasteiger partial charge on any atom is 0.244 e. The Labute approximate surface area is 122 Å². The van der Waals surface area contributed by atoms with Gasteiger partial charge in [-0.3, -0.25) is 0 Å². The molecule has 0 aliphatic rings. The van der Waals surface area contributed by atoms with E-state index in [1.165, 1.54) is 17.4 Å². The van der Waals surface area contributed by atoms with Gasteiger partial charge in [0, 0.05) is 18.1 Å². The number of hydrogen-bond acceptors (Lipinski definition) is 4. The maximum absolute atomic E-state index is 12.4. The molecule has 0 atom stereocenters. The molecule has 0 aliphatic carbocycles. The summed E-state index contributed by atoms with van der Waals surface area (Å²) in [6.45, 7) is 4.44. The second kappa shape index (κ2) is 6.69. The van der Waals surface area contributed by atoms with Gasteiger partial charge in [0.15, 0.2) is 0 Å². The van der Waals surface area contributed by atoms with E-state index in [0.717, 1.165) is 0 Å². The van der Waals surface area contributed by atoms with Crippen LogP contribution in [0.3, 0.4) is 0 Å². The van der Waals surface area contributed by atoms with Crippen molar-refractivity contribution in [1.29, 1.82) is 0 Å². The molecule has 1 aromatic rings. The molecule has 0 radical (unpaired) electrons. The van der Waals surface area contributed by atoms with E-state index in [1.54, 1.807) is 12.1 Å². The van der Waals surface area contributed by atoms with Crippen molar-refractivity contribution in [1.82, 2.24) is 4.31 Å². The summed E-state index contributed by atoms with van der Waals surface area (Å²) in [7, 11) is -2.08. The Balaban J connectivity index is 2.88. The number of likely N-dealkylation sites (N-methyl/N-ethyl adjacent to an activating group) is 1. The summed E-state index contributed by atoms with van der Waals surface area (Å²) >= 11 is 3.25. The summed E-state index contributed by atoms with van der Waals surface area (Å²) in [5.41, 5.74) is 5.97. The van der Waals surface area contributed by atoms with Crippen LogP contribution in [0.5, 0.6) is 0 Å². The Hall–Kier alpha value is -0.630. The van der Waals surface area contributed by atoms with Gasteiger partial charge in [0.1, 0.15) is 4.90 Å². The first-order valence-corrected chi connectivity index (χ1v) is 8.11. The van der Waals surface area contributed by atoms with Crippen molar-refractivity contribution in [2.24, 2.45) is 0 Å². The van der Waals surface area contributed by atoms with Gasteiger partial charge in [-0.15, -0.1) is 0 Å². The Bertz CT molecular complexity index is 532. The van der Waals surface area contributed by atoms with Crippen molar-refractivity contribution in [3.63, 3.8) is 0 Å². The molecule has 0 bridgehead atoms. The van der Waals surface area contributed by atoms with Gasteiger partial charge in [-0.25, -0.2) is 8.42 Å². The number of ether oxygens (including phenoxy) is 1. The fraction of sp³-hybridized carbons (Fsp3) is 0.500. The van der Waals surface area contributed by atoms with Crippen LogP contribution in [0.4, 0.5) is 5.69 Å². The highest BCUT2D eigenvalue weighted by Gasteiger charge is 2.23. The number of nitrogens with zero attached hydrogens (tertiary/aromatic N) is 1. The minimum Gasteiger partial charge on any atom is -0.398 e. The smallest absolute Gasteiger partial charge is 0.244 e. The van der Waals surface area contributed by atoms with Crippen LogP contribution < -0.4 is 5.73 Å². The normalized spacial score (nSPS) is 12.3. The third-order valence-corrected chi connectivity index (χ3v) is 4.93. The van der Waals surface area contributed by atoms with Crippen LogP contribution in [0.1, 0.15) is 13.8 Å². The van der Waals surface area contributed by atoms with Crippen LogP contribution in [0, 0.1) is 0 Å². The van der Waals surface area contributed by atoms with E-state index in [4.69, 9.17) is 10.5 Å². The number of sulfonamides is 1. The summed E-state index contributed by atoms with van der Waals surface area (Å²) in [5.74, 6) is 0. The quantitative estimate of drug-likeness (QED) is 0.797. The van der Waals surface area contributed by atoms with E-state index in [9.17, 15) is 8.42 Å². The number of benzene rings is 1. The summed E-state index contributed by atoms with van der Waals surface area (Å²) < 4.78 is 32.0. The molecule has 0 unspecified atom stereocenters. The molecule has 0 spiro atoms. The predicted molar refractivity (Wildman–Crippen MR) is 79.5 cm³/mol. The Morgan fingerprint density at radius 3 is 2.63 bits per heavy atom. The van der Waals surface area contributed by atoms with Gasteiger partial charge >= 0.3 is 0 Å². The molecule has 0 aliphatic heterocycles. The maximum atomic E-state index is 12.4. The fourth-order valence-electron chi connectivity index (χ4n) is 1.44. The van der Waals surface area contributed by atoms with Crippen molar-refractivity contribution in [3.05, 3.63) is 22.7 Å². The van der Waals surface area contributed by atoms with Gasteiger partial charge in [-0.05, 0) is 32.0 Å². The van der Waals surface area contributed by atoms with E-state index in [1.807, 2.05) is 13.8 Å². The third kappa shape index (κ3) is 4.45. The van der Waals surface area contributed by atoms with Crippen molar-refractivity contribution < 1.29 is 13.2 Å². The van der Waals surface area contributed by atoms with E-state index >= 15 is 0 Å². The minimum absolute atomic E-state index is 0.0760. The number of nitrogen functional groups attached to an aromatic ring is 1. The topological polar surface area (TPSA) is 72.6 Å². The second-order valence-corrected chi connectivity index (χ2v) is 7.36. The van der Waals surface area contributed by atoms with E-state index in [-0.39, 0.29) is 23.2 Å². The van der Waals surface area contributed by atoms with Gasteiger partial charge in [-0.2, -0.15) is 4.31 Å². The van der Waals surface area contributed by atoms with Crippen molar-refractivity contribution >= 4 is 31.6 Å². The molecular weight excluding hydrogens is 332 g/mol. The van der Waals surface area contributed by atoms with Crippen LogP contribution >= 0.6 is 15.9 Å². The van der Waals surface area contributed by atoms with Crippen LogP contribution in [-0.4, -0.2) is 39.0 Å². The summed E-state index contributed by atoms with van der Waals surface area (Å²) in [4.78, 5) is 0.105. The van der Waals surface area contributed by atoms with Gasteiger partial charge in [0.05, 0.1) is 18.4 Å². The standard InChI is InChI=1S/C12H19BrN2O3S/c1-9(2)18-7-6-15(3)19(16,17)12-8-10(13)4-5-11(12)14/h4-5,8-9H,6-7,14H2,1-3H3. The molecule has 0 saturated carbocycles. The molecule has 7 heteroatoms. The molecule has 0 amide bonds. The highest BCUT2D eigenvalue weighted by Crippen LogP contribution is 2.25. The predicted octanol–water partition coefficient (Wildman–Crippen LogP) is 2.08. The van der Waals surface area contributed by atoms with Crippen molar-refractivity contribution in [3.8, 4) is 0 Å². The van der Waals surface area contributed by atoms with Gasteiger partial charge in [0.25, 0.3) is 0 Å². The van der Waals surface area contributed by atoms with Crippen LogP contribution in [-0.2, 0) is 14.8 Å². The zero-order valence-corrected chi connectivity index (χ0v) is 13.7. The number of rotatable bonds is 6. The molecule has 0 heterocycles. The molecular formula is C12H19BrN2O3S. The lowest BCUT2D eigenvalue weighted by molar-refractivity contribution is 0.0737. The lowest BCUT2D eigenvalue weighted by Crippen LogP contribution is -2.31. The zero-order chi connectivity index (χ0) is 14.6. The molecule has 1 aromatic carbocycles. The number of hydrogen-bond donors (Lipinski definition) is 1. The van der Waals surface area contributed by atoms with E-state index < -0.39 is 10.0 Å². The Kier molecular flexibility index (Phi) is 5.79. The van der Waals surface area contributed by atoms with Gasteiger partial charge in [-0.1, -0.05) is 15.9 Å². The molecule has 5 nitrogen and oxygen atoms in total. The largest absolute Gasteiger partial charge is 0.398 e. The fourth-order valence-corrected chi connectivity index (χ4v) is 3.24. The zero-order valence-electron chi connectivity index (χ0n) is 11.3. The number of anilines is 1. The summed E-state index contributed by atoms with van der Waals surface area (Å²) in [6.07, 6.45) is 0.0760. The summed E-state index contributed by atoms with van der Waals surface area (Å²) in [6, 6.07) is 4.77. The van der Waals surface area contributed by atoms with Gasteiger partial charge in [0.2, 0.25) is 10.0 Å². The van der Waals surface area contributed by atoms with Gasteiger partial charge < -0.3 is 10.5 Å². The van der Waals surface area contributed by atoms with Crippen LogP contribution in [0.25, 0.3) is 0 Å². The number of nitrogens with two attached hydrogens (primary N) is 1. The monoisotopic (exact) mass is 350 g/mol. The minimum atomic E-state index is -3.59. The molecule has 0 saturated heterocycles. The lowest BCUT2D eigenvalue weighted by atomic mass is 10.3. The average Bonchev–Trinajstić information content (AvgIpc) is 2.31. The highest BCUT2D eigenvalue weighted by atomic mass is 79.9. The SMILES string of the molecule is CC(C)OCCN(C)S(=O)(=O)c1cc(Br)ccc1N. The molecule has 0 aromatic heterocycles. The third-order valence-electron chi connectivity index (χ3n) is 2.52. The summed E-state index contributed by atoms with van der Waals surface area (Å²) in [5, 5.41) is 0. The Morgan fingerprint density at radius 2 is 2.05 bits per heavy atom. The average molecular weight is 351 g/mol. The first-order valence-electron chi connectivity index (χ1n) is 5.88. The van der Waals surface area contributed by atoms with Crippen molar-refractivity contribution in [2.75, 3.05) is 25.9 Å². The lowest BCUT2D eigenvalue weighted by Gasteiger charge is -2.19. The molecule has 0 fully saturated rings. The molecule has 108 valence electrons. The van der Waals surface area contributed by atoms with E-state index in [0.29, 0.717) is 11.1 Å². The Morgan fingerprint density at radius 1 is 1.42 bits per heavy atom.